The van der Waals surface area contributed by atoms with Crippen LogP contribution in [0.25, 0.3) is 0 Å². The lowest BCUT2D eigenvalue weighted by atomic mass is 10.2. The molecule has 14 heavy (non-hydrogen) atoms. The number of carboxylic acids is 1. The average molecular weight is 219 g/mol. The van der Waals surface area contributed by atoms with E-state index in [2.05, 4.69) is 4.98 Å². The van der Waals surface area contributed by atoms with Gasteiger partial charge in [-0.25, -0.2) is 9.78 Å². The van der Waals surface area contributed by atoms with Gasteiger partial charge in [-0.15, -0.1) is 11.3 Å². The highest BCUT2D eigenvalue weighted by Gasteiger charge is 2.21. The molecule has 1 aromatic heterocycles. The molecule has 4 N–H and O–H groups in total. The van der Waals surface area contributed by atoms with E-state index in [1.807, 2.05) is 0 Å². The van der Waals surface area contributed by atoms with E-state index in [0.717, 1.165) is 17.5 Å². The number of rotatable bonds is 4. The van der Waals surface area contributed by atoms with Gasteiger partial charge in [0.05, 0.1) is 12.8 Å². The highest BCUT2D eigenvalue weighted by molar-refractivity contribution is 7.13. The van der Waals surface area contributed by atoms with Gasteiger partial charge in [-0.05, 0) is 0 Å². The lowest BCUT2D eigenvalue weighted by Gasteiger charge is -2.11. The summed E-state index contributed by atoms with van der Waals surface area (Å²) in [7, 11) is 0. The molecule has 0 aliphatic rings. The van der Waals surface area contributed by atoms with Crippen LogP contribution in [-0.2, 0) is 0 Å². The third kappa shape index (κ3) is 2.26. The molecule has 1 aromatic rings. The summed E-state index contributed by atoms with van der Waals surface area (Å²) in [6, 6.07) is 0. The molecule has 1 heterocycles. The van der Waals surface area contributed by atoms with Crippen molar-refractivity contribution >= 4 is 17.3 Å². The number of aliphatic hydroxyl groups is 3. The van der Waals surface area contributed by atoms with E-state index >= 15 is 0 Å². The van der Waals surface area contributed by atoms with Gasteiger partial charge >= 0.3 is 5.97 Å². The molecule has 0 aliphatic heterocycles. The van der Waals surface area contributed by atoms with Crippen molar-refractivity contribution in [3.8, 4) is 0 Å². The molecule has 78 valence electrons. The van der Waals surface area contributed by atoms with E-state index in [1.54, 1.807) is 0 Å². The van der Waals surface area contributed by atoms with Crippen molar-refractivity contribution < 1.29 is 25.2 Å². The first-order valence-electron chi connectivity index (χ1n) is 3.72. The zero-order chi connectivity index (χ0) is 10.7. The molecule has 0 spiro atoms. The molecular formula is C7H9NO5S. The number of aromatic nitrogens is 1. The molecule has 0 fully saturated rings. The molecule has 2 unspecified atom stereocenters. The Morgan fingerprint density at radius 1 is 1.57 bits per heavy atom. The number of carboxylic acid groups (broad SMARTS) is 1. The van der Waals surface area contributed by atoms with Crippen LogP contribution in [0.5, 0.6) is 0 Å². The summed E-state index contributed by atoms with van der Waals surface area (Å²) in [6.07, 6.45) is -1.60. The minimum Gasteiger partial charge on any atom is -0.477 e. The number of hydrogen-bond acceptors (Lipinski definition) is 6. The van der Waals surface area contributed by atoms with E-state index in [9.17, 15) is 9.90 Å². The molecule has 0 amide bonds. The van der Waals surface area contributed by atoms with Gasteiger partial charge in [-0.2, -0.15) is 0 Å². The lowest BCUT2D eigenvalue weighted by Crippen LogP contribution is -2.21. The summed E-state index contributed by atoms with van der Waals surface area (Å²) >= 11 is 0.761. The topological polar surface area (TPSA) is 111 Å². The predicted octanol–water partition coefficient (Wildman–Crippen LogP) is -0.772. The first-order valence-corrected chi connectivity index (χ1v) is 4.54. The van der Waals surface area contributed by atoms with Crippen LogP contribution in [0.4, 0.5) is 0 Å². The minimum atomic E-state index is -1.35. The van der Waals surface area contributed by atoms with Crippen LogP contribution in [0.1, 0.15) is 20.8 Å². The number of nitrogens with zero attached hydrogens (tertiary/aromatic N) is 1. The van der Waals surface area contributed by atoms with Gasteiger partial charge in [0.25, 0.3) is 0 Å². The van der Waals surface area contributed by atoms with Crippen LogP contribution >= 0.6 is 11.3 Å². The van der Waals surface area contributed by atoms with Crippen molar-refractivity contribution in [2.24, 2.45) is 0 Å². The molecule has 7 heteroatoms. The van der Waals surface area contributed by atoms with Crippen molar-refractivity contribution in [2.75, 3.05) is 6.61 Å². The second-order valence-electron chi connectivity index (χ2n) is 2.56. The quantitative estimate of drug-likeness (QED) is 0.529. The van der Waals surface area contributed by atoms with E-state index in [1.165, 1.54) is 0 Å². The summed E-state index contributed by atoms with van der Waals surface area (Å²) in [5.74, 6) is -1.14. The third-order valence-electron chi connectivity index (χ3n) is 1.54. The Morgan fingerprint density at radius 3 is 2.64 bits per heavy atom. The van der Waals surface area contributed by atoms with Crippen LogP contribution in [0.2, 0.25) is 0 Å². The maximum Gasteiger partial charge on any atom is 0.347 e. The fourth-order valence-corrected chi connectivity index (χ4v) is 1.59. The van der Waals surface area contributed by atoms with Gasteiger partial charge in [0, 0.05) is 0 Å². The second-order valence-corrected chi connectivity index (χ2v) is 3.62. The average Bonchev–Trinajstić information content (AvgIpc) is 2.64. The summed E-state index contributed by atoms with van der Waals surface area (Å²) in [5, 5.41) is 35.5. The summed E-state index contributed by atoms with van der Waals surface area (Å²) in [5.41, 5.74) is 0. The van der Waals surface area contributed by atoms with E-state index in [0.29, 0.717) is 0 Å². The summed E-state index contributed by atoms with van der Waals surface area (Å²) in [6.45, 7) is -0.608. The van der Waals surface area contributed by atoms with Crippen LogP contribution in [-0.4, -0.2) is 44.1 Å². The number of aromatic carboxylic acids is 1. The van der Waals surface area contributed by atoms with Crippen molar-refractivity contribution in [2.45, 2.75) is 12.2 Å². The van der Waals surface area contributed by atoms with Crippen LogP contribution in [0.3, 0.4) is 0 Å². The molecule has 0 saturated heterocycles. The van der Waals surface area contributed by atoms with Crippen LogP contribution < -0.4 is 0 Å². The molecule has 6 nitrogen and oxygen atoms in total. The Bertz CT molecular complexity index is 326. The predicted molar refractivity (Wildman–Crippen MR) is 47.1 cm³/mol. The second kappa shape index (κ2) is 4.47. The molecular weight excluding hydrogens is 210 g/mol. The highest BCUT2D eigenvalue weighted by atomic mass is 32.1. The molecule has 0 saturated carbocycles. The van der Waals surface area contributed by atoms with Crippen molar-refractivity contribution in [3.63, 3.8) is 0 Å². The summed E-state index contributed by atoms with van der Waals surface area (Å²) in [4.78, 5) is 14.1. The fourth-order valence-electron chi connectivity index (χ4n) is 0.788. The Morgan fingerprint density at radius 2 is 2.21 bits per heavy atom. The smallest absolute Gasteiger partial charge is 0.347 e. The third-order valence-corrected chi connectivity index (χ3v) is 2.59. The highest BCUT2D eigenvalue weighted by Crippen LogP contribution is 2.22. The standard InChI is InChI=1S/C7H9NO5S/c9-2-3(10)5(11)6-8-1-4(14-6)7(12)13/h1,3,5,9-11H,2H2,(H,12,13). The number of aliphatic hydroxyl groups excluding tert-OH is 3. The lowest BCUT2D eigenvalue weighted by molar-refractivity contribution is -0.0153. The maximum atomic E-state index is 10.5. The normalized spacial score (nSPS) is 15.1. The number of carbonyl (C=O) groups is 1. The minimum absolute atomic E-state index is 0.0239. The largest absolute Gasteiger partial charge is 0.477 e. The Kier molecular flexibility index (Phi) is 3.53. The van der Waals surface area contributed by atoms with Gasteiger partial charge in [0.2, 0.25) is 0 Å². The van der Waals surface area contributed by atoms with Gasteiger partial charge in [0.1, 0.15) is 22.1 Å². The summed E-state index contributed by atoms with van der Waals surface area (Å²) < 4.78 is 0. The Hall–Kier alpha value is -1.02. The fraction of sp³-hybridized carbons (Fsp3) is 0.429. The first kappa shape index (κ1) is 11.1. The van der Waals surface area contributed by atoms with E-state index < -0.39 is 24.8 Å². The first-order chi connectivity index (χ1) is 6.56. The van der Waals surface area contributed by atoms with Gasteiger partial charge in [-0.3, -0.25) is 0 Å². The van der Waals surface area contributed by atoms with Crippen LogP contribution in [0, 0.1) is 0 Å². The van der Waals surface area contributed by atoms with Crippen molar-refractivity contribution in [3.05, 3.63) is 16.1 Å². The molecule has 0 radical (unpaired) electrons. The van der Waals surface area contributed by atoms with Crippen LogP contribution in [0.15, 0.2) is 6.20 Å². The van der Waals surface area contributed by atoms with E-state index in [-0.39, 0.29) is 9.88 Å². The van der Waals surface area contributed by atoms with E-state index in [4.69, 9.17) is 15.3 Å². The Balaban J connectivity index is 2.81. The number of hydrogen-bond donors (Lipinski definition) is 4. The number of thiazole rings is 1. The maximum absolute atomic E-state index is 10.5. The molecule has 1 rings (SSSR count). The van der Waals surface area contributed by atoms with Gasteiger partial charge < -0.3 is 20.4 Å². The monoisotopic (exact) mass is 219 g/mol. The van der Waals surface area contributed by atoms with Crippen molar-refractivity contribution in [1.82, 2.24) is 4.98 Å². The SMILES string of the molecule is O=C(O)c1cnc(C(O)C(O)CO)s1. The van der Waals surface area contributed by atoms with Gasteiger partial charge in [-0.1, -0.05) is 0 Å². The zero-order valence-electron chi connectivity index (χ0n) is 6.99. The van der Waals surface area contributed by atoms with Gasteiger partial charge in [0.15, 0.2) is 0 Å². The molecule has 2 atom stereocenters. The molecule has 0 bridgehead atoms. The molecule has 0 aromatic carbocycles. The Labute approximate surface area is 83.1 Å². The molecule has 0 aliphatic carbocycles. The van der Waals surface area contributed by atoms with Crippen molar-refractivity contribution in [1.29, 1.82) is 0 Å². The zero-order valence-corrected chi connectivity index (χ0v) is 7.81.